The minimum atomic E-state index is 0.224. The van der Waals surface area contributed by atoms with Gasteiger partial charge in [0.2, 0.25) is 0 Å². The second kappa shape index (κ2) is 13.2. The number of ether oxygens (including phenoxy) is 1. The lowest BCUT2D eigenvalue weighted by atomic mass is 9.95. The van der Waals surface area contributed by atoms with Gasteiger partial charge in [0.05, 0.1) is 6.10 Å². The van der Waals surface area contributed by atoms with Crippen molar-refractivity contribution < 1.29 is 4.74 Å². The Kier molecular flexibility index (Phi) is 12.0. The number of nitrogens with zero attached hydrogens (tertiary/aromatic N) is 1. The first kappa shape index (κ1) is 20.9. The zero-order valence-corrected chi connectivity index (χ0v) is 16.1. The maximum Gasteiger partial charge on any atom is 0.0849 e. The molecule has 1 saturated heterocycles. The molecule has 3 nitrogen and oxygen atoms in total. The summed E-state index contributed by atoms with van der Waals surface area (Å²) in [6, 6.07) is 0.972. The molecule has 0 spiro atoms. The molecule has 0 aromatic heterocycles. The van der Waals surface area contributed by atoms with Crippen molar-refractivity contribution in [2.45, 2.75) is 109 Å². The summed E-state index contributed by atoms with van der Waals surface area (Å²) in [6.45, 7) is 6.78. The predicted octanol–water partition coefficient (Wildman–Crippen LogP) is 4.73. The van der Waals surface area contributed by atoms with Crippen molar-refractivity contribution in [2.75, 3.05) is 20.2 Å². The van der Waals surface area contributed by atoms with Crippen molar-refractivity contribution in [2.24, 2.45) is 5.73 Å². The summed E-state index contributed by atoms with van der Waals surface area (Å²) in [5, 5.41) is 0. The Bertz CT molecular complexity index is 272. The van der Waals surface area contributed by atoms with Gasteiger partial charge in [0.1, 0.15) is 0 Å². The summed E-state index contributed by atoms with van der Waals surface area (Å²) < 4.78 is 5.62. The van der Waals surface area contributed by atoms with Gasteiger partial charge in [-0.3, -0.25) is 4.90 Å². The number of rotatable bonds is 13. The molecule has 1 aliphatic heterocycles. The van der Waals surface area contributed by atoms with Crippen LogP contribution in [0.2, 0.25) is 0 Å². The third-order valence-corrected chi connectivity index (χ3v) is 5.49. The number of hydrogen-bond donors (Lipinski definition) is 1. The van der Waals surface area contributed by atoms with Crippen LogP contribution in [-0.2, 0) is 4.74 Å². The van der Waals surface area contributed by atoms with E-state index < -0.39 is 0 Å². The fraction of sp³-hybridized carbons (Fsp3) is 1.00. The van der Waals surface area contributed by atoms with Crippen LogP contribution in [0.4, 0.5) is 0 Å². The number of hydrogen-bond acceptors (Lipinski definition) is 3. The Balaban J connectivity index is 2.41. The second-order valence-corrected chi connectivity index (χ2v) is 7.43. The highest BCUT2D eigenvalue weighted by Gasteiger charge is 2.30. The Hall–Kier alpha value is -0.120. The topological polar surface area (TPSA) is 38.5 Å². The molecule has 23 heavy (non-hydrogen) atoms. The van der Waals surface area contributed by atoms with E-state index in [0.29, 0.717) is 0 Å². The molecule has 3 heteroatoms. The van der Waals surface area contributed by atoms with Crippen LogP contribution in [0.3, 0.4) is 0 Å². The zero-order valence-electron chi connectivity index (χ0n) is 16.1. The SMILES string of the molecule is CCCCCCCC(CCCCCC)N1CC[C@H](N)[C@H](OC)C1. The monoisotopic (exact) mass is 326 g/mol. The van der Waals surface area contributed by atoms with Crippen LogP contribution >= 0.6 is 0 Å². The largest absolute Gasteiger partial charge is 0.379 e. The highest BCUT2D eigenvalue weighted by Crippen LogP contribution is 2.22. The van der Waals surface area contributed by atoms with E-state index >= 15 is 0 Å². The van der Waals surface area contributed by atoms with Crippen LogP contribution in [0.5, 0.6) is 0 Å². The first-order valence-corrected chi connectivity index (χ1v) is 10.2. The molecule has 0 bridgehead atoms. The first-order valence-electron chi connectivity index (χ1n) is 10.2. The van der Waals surface area contributed by atoms with Gasteiger partial charge in [-0.2, -0.15) is 0 Å². The summed E-state index contributed by atoms with van der Waals surface area (Å²) in [5.41, 5.74) is 6.19. The van der Waals surface area contributed by atoms with Crippen LogP contribution in [0.25, 0.3) is 0 Å². The van der Waals surface area contributed by atoms with Gasteiger partial charge >= 0.3 is 0 Å². The molecular formula is C20H42N2O. The third kappa shape index (κ3) is 8.51. The Morgan fingerprint density at radius 3 is 2.09 bits per heavy atom. The summed E-state index contributed by atoms with van der Waals surface area (Å²) in [4.78, 5) is 2.68. The van der Waals surface area contributed by atoms with Gasteiger partial charge in [-0.15, -0.1) is 0 Å². The lowest BCUT2D eigenvalue weighted by Crippen LogP contribution is -2.54. The highest BCUT2D eigenvalue weighted by atomic mass is 16.5. The molecule has 1 unspecified atom stereocenters. The van der Waals surface area contributed by atoms with Gasteiger partial charge < -0.3 is 10.5 Å². The van der Waals surface area contributed by atoms with Crippen molar-refractivity contribution in [3.8, 4) is 0 Å². The molecule has 138 valence electrons. The van der Waals surface area contributed by atoms with Crippen molar-refractivity contribution >= 4 is 0 Å². The number of methoxy groups -OCH3 is 1. The summed E-state index contributed by atoms with van der Waals surface area (Å²) >= 11 is 0. The smallest absolute Gasteiger partial charge is 0.0849 e. The van der Waals surface area contributed by atoms with E-state index in [1.807, 2.05) is 7.11 Å². The van der Waals surface area contributed by atoms with Gasteiger partial charge in [-0.1, -0.05) is 71.6 Å². The van der Waals surface area contributed by atoms with Crippen LogP contribution < -0.4 is 5.73 Å². The minimum absolute atomic E-state index is 0.224. The average molecular weight is 327 g/mol. The molecule has 1 aliphatic rings. The normalized spacial score (nSPS) is 24.0. The Morgan fingerprint density at radius 2 is 1.52 bits per heavy atom. The van der Waals surface area contributed by atoms with E-state index in [1.165, 1.54) is 70.6 Å². The molecule has 2 N–H and O–H groups in total. The van der Waals surface area contributed by atoms with Gasteiger partial charge in [0, 0.05) is 32.3 Å². The van der Waals surface area contributed by atoms with E-state index in [2.05, 4.69) is 18.7 Å². The predicted molar refractivity (Wildman–Crippen MR) is 101 cm³/mol. The van der Waals surface area contributed by atoms with E-state index in [4.69, 9.17) is 10.5 Å². The molecule has 1 heterocycles. The number of likely N-dealkylation sites (tertiary alicyclic amines) is 1. The van der Waals surface area contributed by atoms with Crippen molar-refractivity contribution in [1.82, 2.24) is 4.90 Å². The molecule has 0 aromatic carbocycles. The van der Waals surface area contributed by atoms with Crippen molar-refractivity contribution in [1.29, 1.82) is 0 Å². The van der Waals surface area contributed by atoms with Crippen molar-refractivity contribution in [3.63, 3.8) is 0 Å². The first-order chi connectivity index (χ1) is 11.2. The quantitative estimate of drug-likeness (QED) is 0.497. The van der Waals surface area contributed by atoms with Crippen LogP contribution in [-0.4, -0.2) is 43.3 Å². The maximum atomic E-state index is 6.19. The molecule has 0 aliphatic carbocycles. The highest BCUT2D eigenvalue weighted by molar-refractivity contribution is 4.87. The van der Waals surface area contributed by atoms with Gasteiger partial charge in [0.15, 0.2) is 0 Å². The van der Waals surface area contributed by atoms with E-state index in [-0.39, 0.29) is 12.1 Å². The number of nitrogens with two attached hydrogens (primary N) is 1. The van der Waals surface area contributed by atoms with Gasteiger partial charge in [-0.25, -0.2) is 0 Å². The second-order valence-electron chi connectivity index (χ2n) is 7.43. The van der Waals surface area contributed by atoms with E-state index in [1.54, 1.807) is 0 Å². The fourth-order valence-corrected chi connectivity index (χ4v) is 3.84. The van der Waals surface area contributed by atoms with Crippen LogP contribution in [0.15, 0.2) is 0 Å². The zero-order chi connectivity index (χ0) is 16.9. The summed E-state index contributed by atoms with van der Waals surface area (Å²) in [5.74, 6) is 0. The van der Waals surface area contributed by atoms with Crippen LogP contribution in [0.1, 0.15) is 90.9 Å². The maximum absolute atomic E-state index is 6.19. The van der Waals surface area contributed by atoms with E-state index in [0.717, 1.165) is 25.6 Å². The average Bonchev–Trinajstić information content (AvgIpc) is 2.57. The molecule has 1 fully saturated rings. The Labute approximate surface area is 145 Å². The minimum Gasteiger partial charge on any atom is -0.379 e. The summed E-state index contributed by atoms with van der Waals surface area (Å²) in [7, 11) is 1.81. The fourth-order valence-electron chi connectivity index (χ4n) is 3.84. The van der Waals surface area contributed by atoms with Crippen molar-refractivity contribution in [3.05, 3.63) is 0 Å². The molecular weight excluding hydrogens is 284 g/mol. The molecule has 0 amide bonds. The van der Waals surface area contributed by atoms with E-state index in [9.17, 15) is 0 Å². The van der Waals surface area contributed by atoms with Gasteiger partial charge in [0.25, 0.3) is 0 Å². The molecule has 0 radical (unpaired) electrons. The third-order valence-electron chi connectivity index (χ3n) is 5.49. The Morgan fingerprint density at radius 1 is 0.957 bits per heavy atom. The lowest BCUT2D eigenvalue weighted by molar-refractivity contribution is -0.00241. The van der Waals surface area contributed by atoms with Gasteiger partial charge in [-0.05, 0) is 19.3 Å². The van der Waals surface area contributed by atoms with Crippen LogP contribution in [0, 0.1) is 0 Å². The molecule has 0 saturated carbocycles. The summed E-state index contributed by atoms with van der Waals surface area (Å²) in [6.07, 6.45) is 16.4. The molecule has 1 rings (SSSR count). The lowest BCUT2D eigenvalue weighted by Gasteiger charge is -2.40. The number of piperidine rings is 1. The molecule has 3 atom stereocenters. The molecule has 0 aromatic rings. The number of unbranched alkanes of at least 4 members (excludes halogenated alkanes) is 7. The standard InChI is InChI=1S/C20H42N2O/c1-4-6-8-10-12-14-18(13-11-9-7-5-2)22-16-15-19(21)20(17-22)23-3/h18-20H,4-17,21H2,1-3H3/t18?,19-,20+/m0/s1.